The lowest BCUT2D eigenvalue weighted by Gasteiger charge is -2.15. The Bertz CT molecular complexity index is 1070. The zero-order valence-electron chi connectivity index (χ0n) is 14.2. The molecule has 30 heavy (non-hydrogen) atoms. The first kappa shape index (κ1) is 22.2. The van der Waals surface area contributed by atoms with Crippen LogP contribution >= 0.6 is 31.9 Å². The van der Waals surface area contributed by atoms with Gasteiger partial charge in [0.15, 0.2) is 0 Å². The number of H-pyrrole nitrogens is 1. The highest BCUT2D eigenvalue weighted by Gasteiger charge is 2.37. The lowest BCUT2D eigenvalue weighted by Crippen LogP contribution is -2.18. The first-order chi connectivity index (χ1) is 13.9. The number of nitrogens with zero attached hydrogens (tertiary/aromatic N) is 3. The Morgan fingerprint density at radius 2 is 1.53 bits per heavy atom. The maximum absolute atomic E-state index is 13.0. The standard InChI is InChI=1S/C16H7Br2F6N5O/c17-9-4-10(13-26-28-29-27-13)12(11(18)5-9)25-14(30)6-1-7(15(19,20)21)3-8(2-6)16(22,23)24/h1-5H,(H,25,30)(H,26,27,28,29). The molecule has 1 amide bonds. The van der Waals surface area contributed by atoms with E-state index < -0.39 is 35.0 Å². The smallest absolute Gasteiger partial charge is 0.320 e. The van der Waals surface area contributed by atoms with E-state index in [9.17, 15) is 31.1 Å². The van der Waals surface area contributed by atoms with Gasteiger partial charge in [0, 0.05) is 20.1 Å². The highest BCUT2D eigenvalue weighted by Crippen LogP contribution is 2.38. The minimum Gasteiger partial charge on any atom is -0.320 e. The van der Waals surface area contributed by atoms with Gasteiger partial charge in [-0.3, -0.25) is 4.79 Å². The molecular formula is C16H7Br2F6N5O. The van der Waals surface area contributed by atoms with Crippen molar-refractivity contribution in [2.75, 3.05) is 5.32 Å². The Morgan fingerprint density at radius 1 is 0.933 bits per heavy atom. The van der Waals surface area contributed by atoms with Crippen molar-refractivity contribution in [3.63, 3.8) is 0 Å². The van der Waals surface area contributed by atoms with Gasteiger partial charge in [0.25, 0.3) is 5.91 Å². The monoisotopic (exact) mass is 557 g/mol. The highest BCUT2D eigenvalue weighted by molar-refractivity contribution is 9.11. The van der Waals surface area contributed by atoms with Crippen LogP contribution in [0, 0.1) is 0 Å². The summed E-state index contributed by atoms with van der Waals surface area (Å²) in [6.45, 7) is 0. The Morgan fingerprint density at radius 3 is 2.03 bits per heavy atom. The van der Waals surface area contributed by atoms with Gasteiger partial charge in [-0.15, -0.1) is 10.2 Å². The fourth-order valence-corrected chi connectivity index (χ4v) is 3.75. The van der Waals surface area contributed by atoms with E-state index >= 15 is 0 Å². The maximum Gasteiger partial charge on any atom is 0.416 e. The van der Waals surface area contributed by atoms with E-state index in [-0.39, 0.29) is 27.6 Å². The predicted octanol–water partition coefficient (Wildman–Crippen LogP) is 5.68. The molecule has 0 bridgehead atoms. The molecule has 0 saturated carbocycles. The van der Waals surface area contributed by atoms with Crippen molar-refractivity contribution < 1.29 is 31.1 Å². The highest BCUT2D eigenvalue weighted by atomic mass is 79.9. The predicted molar refractivity (Wildman–Crippen MR) is 99.4 cm³/mol. The van der Waals surface area contributed by atoms with Crippen LogP contribution in [0.25, 0.3) is 11.4 Å². The molecule has 0 saturated heterocycles. The second kappa shape index (κ2) is 7.98. The average molecular weight is 559 g/mol. The van der Waals surface area contributed by atoms with Crippen molar-refractivity contribution in [3.05, 3.63) is 56.0 Å². The average Bonchev–Trinajstić information content (AvgIpc) is 3.16. The number of tetrazole rings is 1. The van der Waals surface area contributed by atoms with E-state index in [0.29, 0.717) is 16.6 Å². The van der Waals surface area contributed by atoms with Gasteiger partial charge in [0.2, 0.25) is 5.82 Å². The molecule has 0 radical (unpaired) electrons. The second-order valence-corrected chi connectivity index (χ2v) is 7.56. The van der Waals surface area contributed by atoms with Crippen LogP contribution in [0.4, 0.5) is 32.0 Å². The van der Waals surface area contributed by atoms with Gasteiger partial charge in [-0.25, -0.2) is 0 Å². The number of carbonyl (C=O) groups is 1. The molecule has 6 nitrogen and oxygen atoms in total. The zero-order valence-corrected chi connectivity index (χ0v) is 17.3. The molecule has 3 aromatic rings. The van der Waals surface area contributed by atoms with E-state index in [2.05, 4.69) is 57.8 Å². The molecule has 0 fully saturated rings. The van der Waals surface area contributed by atoms with Crippen LogP contribution in [0.3, 0.4) is 0 Å². The van der Waals surface area contributed by atoms with Crippen LogP contribution in [-0.4, -0.2) is 26.5 Å². The third kappa shape index (κ3) is 4.80. The van der Waals surface area contributed by atoms with Crippen LogP contribution in [0.5, 0.6) is 0 Å². The van der Waals surface area contributed by atoms with Gasteiger partial charge in [0.05, 0.1) is 16.8 Å². The Hall–Kier alpha value is -2.48. The summed E-state index contributed by atoms with van der Waals surface area (Å²) in [7, 11) is 0. The number of nitrogens with one attached hydrogen (secondary N) is 2. The number of rotatable bonds is 3. The summed E-state index contributed by atoms with van der Waals surface area (Å²) in [6, 6.07) is 3.61. The first-order valence-corrected chi connectivity index (χ1v) is 9.28. The van der Waals surface area contributed by atoms with Gasteiger partial charge in [-0.2, -0.15) is 31.6 Å². The fraction of sp³-hybridized carbons (Fsp3) is 0.125. The van der Waals surface area contributed by atoms with Gasteiger partial charge in [0.1, 0.15) is 0 Å². The zero-order chi connectivity index (χ0) is 22.3. The van der Waals surface area contributed by atoms with Crippen molar-refractivity contribution in [2.45, 2.75) is 12.4 Å². The van der Waals surface area contributed by atoms with E-state index in [4.69, 9.17) is 0 Å². The number of amides is 1. The summed E-state index contributed by atoms with van der Waals surface area (Å²) >= 11 is 6.41. The summed E-state index contributed by atoms with van der Waals surface area (Å²) < 4.78 is 79.1. The molecule has 14 heteroatoms. The van der Waals surface area contributed by atoms with Gasteiger partial charge in [-0.1, -0.05) is 15.9 Å². The Labute approximate surface area is 180 Å². The summed E-state index contributed by atoms with van der Waals surface area (Å²) in [4.78, 5) is 12.6. The van der Waals surface area contributed by atoms with Gasteiger partial charge >= 0.3 is 12.4 Å². The molecule has 0 unspecified atom stereocenters. The van der Waals surface area contributed by atoms with Gasteiger partial charge < -0.3 is 5.32 Å². The van der Waals surface area contributed by atoms with Crippen molar-refractivity contribution in [2.24, 2.45) is 0 Å². The Kier molecular flexibility index (Phi) is 5.91. The van der Waals surface area contributed by atoms with E-state index in [1.54, 1.807) is 0 Å². The third-order valence-corrected chi connectivity index (χ3v) is 4.81. The van der Waals surface area contributed by atoms with Gasteiger partial charge in [-0.05, 0) is 51.5 Å². The third-order valence-electron chi connectivity index (χ3n) is 3.73. The first-order valence-electron chi connectivity index (χ1n) is 7.70. The molecule has 0 spiro atoms. The number of anilines is 1. The number of hydrogen-bond acceptors (Lipinski definition) is 4. The van der Waals surface area contributed by atoms with Crippen LogP contribution in [0.15, 0.2) is 39.3 Å². The molecular weight excluding hydrogens is 552 g/mol. The summed E-state index contributed by atoms with van der Waals surface area (Å²) in [5, 5.41) is 15.4. The number of hydrogen-bond donors (Lipinski definition) is 2. The minimum atomic E-state index is -5.08. The maximum atomic E-state index is 13.0. The molecule has 1 aromatic heterocycles. The lowest BCUT2D eigenvalue weighted by molar-refractivity contribution is -0.143. The number of benzene rings is 2. The molecule has 2 N–H and O–H groups in total. The molecule has 2 aromatic carbocycles. The van der Waals surface area contributed by atoms with Crippen LogP contribution < -0.4 is 5.32 Å². The van der Waals surface area contributed by atoms with Crippen molar-refractivity contribution in [1.29, 1.82) is 0 Å². The quantitative estimate of drug-likeness (QED) is 0.405. The summed E-state index contributed by atoms with van der Waals surface area (Å²) in [6.07, 6.45) is -10.2. The molecule has 0 aliphatic rings. The molecule has 0 aliphatic carbocycles. The number of aromatic amines is 1. The van der Waals surface area contributed by atoms with E-state index in [0.717, 1.165) is 0 Å². The topological polar surface area (TPSA) is 83.6 Å². The van der Waals surface area contributed by atoms with Crippen LogP contribution in [0.2, 0.25) is 0 Å². The second-order valence-electron chi connectivity index (χ2n) is 5.79. The number of aromatic nitrogens is 4. The van der Waals surface area contributed by atoms with Crippen molar-refractivity contribution in [3.8, 4) is 11.4 Å². The fourth-order valence-electron chi connectivity index (χ4n) is 2.42. The summed E-state index contributed by atoms with van der Waals surface area (Å²) in [5.74, 6) is -1.16. The number of alkyl halides is 6. The van der Waals surface area contributed by atoms with Crippen molar-refractivity contribution in [1.82, 2.24) is 20.6 Å². The molecule has 158 valence electrons. The van der Waals surface area contributed by atoms with Crippen LogP contribution in [0.1, 0.15) is 21.5 Å². The number of carbonyl (C=O) groups excluding carboxylic acids is 1. The molecule has 3 rings (SSSR count). The lowest BCUT2D eigenvalue weighted by atomic mass is 10.0. The van der Waals surface area contributed by atoms with Crippen molar-refractivity contribution >= 4 is 43.5 Å². The molecule has 0 atom stereocenters. The Balaban J connectivity index is 2.07. The van der Waals surface area contributed by atoms with E-state index in [1.165, 1.54) is 12.1 Å². The van der Waals surface area contributed by atoms with E-state index in [1.807, 2.05) is 0 Å². The summed E-state index contributed by atoms with van der Waals surface area (Å²) in [5.41, 5.74) is -3.80. The molecule has 0 aliphatic heterocycles. The largest absolute Gasteiger partial charge is 0.416 e. The normalized spacial score (nSPS) is 12.1. The number of halogens is 8. The minimum absolute atomic E-state index is 0.0237. The molecule has 1 heterocycles. The SMILES string of the molecule is O=C(Nc1c(Br)cc(Br)cc1-c1nn[nH]n1)c1cc(C(F)(F)F)cc(C(F)(F)F)c1. The van der Waals surface area contributed by atoms with Crippen LogP contribution in [-0.2, 0) is 12.4 Å².